The molecule has 154 valence electrons. The van der Waals surface area contributed by atoms with Gasteiger partial charge in [0.1, 0.15) is 11.4 Å². The minimum atomic E-state index is -1.04. The largest absolute Gasteiger partial charge is 0.478 e. The number of aromatic carboxylic acids is 1. The van der Waals surface area contributed by atoms with Crippen molar-refractivity contribution in [3.8, 4) is 11.3 Å². The minimum absolute atomic E-state index is 0.117. The summed E-state index contributed by atoms with van der Waals surface area (Å²) in [6.07, 6.45) is 1.98. The first-order valence-electron chi connectivity index (χ1n) is 9.26. The van der Waals surface area contributed by atoms with Crippen molar-refractivity contribution in [3.63, 3.8) is 0 Å². The highest BCUT2D eigenvalue weighted by molar-refractivity contribution is 7.98. The highest BCUT2D eigenvalue weighted by atomic mass is 32.2. The molecule has 3 rings (SSSR count). The Labute approximate surface area is 177 Å². The number of anilines is 2. The maximum Gasteiger partial charge on any atom is 0.335 e. The molecular weight excluding hydrogens is 402 g/mol. The van der Waals surface area contributed by atoms with Gasteiger partial charge in [0.15, 0.2) is 5.78 Å². The van der Waals surface area contributed by atoms with Crippen molar-refractivity contribution in [1.29, 1.82) is 0 Å². The predicted octanol–water partition coefficient (Wildman–Crippen LogP) is 4.30. The maximum absolute atomic E-state index is 13.0. The molecule has 1 aromatic heterocycles. The third kappa shape index (κ3) is 4.28. The van der Waals surface area contributed by atoms with Crippen LogP contribution in [-0.2, 0) is 6.54 Å². The first-order chi connectivity index (χ1) is 14.3. The van der Waals surface area contributed by atoms with Gasteiger partial charge < -0.3 is 10.4 Å². The molecule has 1 heterocycles. The lowest BCUT2D eigenvalue weighted by Gasteiger charge is -2.16. The minimum Gasteiger partial charge on any atom is -0.478 e. The van der Waals surface area contributed by atoms with E-state index in [9.17, 15) is 14.4 Å². The number of aryl methyl sites for hydroxylation is 1. The summed E-state index contributed by atoms with van der Waals surface area (Å²) in [5.74, 6) is -1.34. The van der Waals surface area contributed by atoms with Crippen LogP contribution in [-0.4, -0.2) is 32.9 Å². The maximum atomic E-state index is 13.0. The molecule has 0 bridgehead atoms. The molecule has 0 aliphatic rings. The van der Waals surface area contributed by atoms with Gasteiger partial charge in [-0.3, -0.25) is 9.59 Å². The first kappa shape index (κ1) is 21.3. The standard InChI is InChI=1S/C22H21N3O4S/c1-4-25-21(27)20(23-16-9-5-15(6-10-16)22(28)29)18(13(2)26)19(24-25)14-7-11-17(30-3)12-8-14/h5-12,23H,4H2,1-3H3,(H,28,29). The zero-order chi connectivity index (χ0) is 21.8. The molecule has 3 aromatic rings. The number of ketones is 1. The zero-order valence-corrected chi connectivity index (χ0v) is 17.6. The van der Waals surface area contributed by atoms with Crippen LogP contribution in [0, 0.1) is 0 Å². The number of nitrogens with one attached hydrogen (secondary N) is 1. The Hall–Kier alpha value is -3.39. The summed E-state index contributed by atoms with van der Waals surface area (Å²) in [6, 6.07) is 13.6. The summed E-state index contributed by atoms with van der Waals surface area (Å²) < 4.78 is 1.30. The van der Waals surface area contributed by atoms with Crippen LogP contribution in [0.1, 0.15) is 34.6 Å². The van der Waals surface area contributed by atoms with E-state index in [2.05, 4.69) is 10.4 Å². The second-order valence-corrected chi connectivity index (χ2v) is 7.39. The van der Waals surface area contributed by atoms with E-state index in [1.807, 2.05) is 30.5 Å². The molecule has 30 heavy (non-hydrogen) atoms. The Bertz CT molecular complexity index is 1150. The van der Waals surface area contributed by atoms with Crippen LogP contribution in [0.5, 0.6) is 0 Å². The van der Waals surface area contributed by atoms with Crippen molar-refractivity contribution in [3.05, 3.63) is 70.0 Å². The smallest absolute Gasteiger partial charge is 0.335 e. The predicted molar refractivity (Wildman–Crippen MR) is 118 cm³/mol. The molecule has 0 aliphatic heterocycles. The lowest BCUT2D eigenvalue weighted by Crippen LogP contribution is -2.28. The van der Waals surface area contributed by atoms with Crippen LogP contribution in [0.25, 0.3) is 11.3 Å². The molecule has 0 radical (unpaired) electrons. The lowest BCUT2D eigenvalue weighted by atomic mass is 10.0. The Morgan fingerprint density at radius 3 is 2.23 bits per heavy atom. The summed E-state index contributed by atoms with van der Waals surface area (Å²) in [4.78, 5) is 37.7. The van der Waals surface area contributed by atoms with Gasteiger partial charge in [-0.15, -0.1) is 11.8 Å². The van der Waals surface area contributed by atoms with Crippen LogP contribution in [0.15, 0.2) is 58.2 Å². The van der Waals surface area contributed by atoms with Gasteiger partial charge in [-0.1, -0.05) is 12.1 Å². The SMILES string of the molecule is CCn1nc(-c2ccc(SC)cc2)c(C(C)=O)c(Nc2ccc(C(=O)O)cc2)c1=O. The summed E-state index contributed by atoms with van der Waals surface area (Å²) in [6.45, 7) is 3.53. The molecule has 0 atom stereocenters. The second kappa shape index (κ2) is 8.96. The van der Waals surface area contributed by atoms with E-state index in [-0.39, 0.29) is 22.6 Å². The molecule has 0 saturated heterocycles. The molecule has 0 unspecified atom stereocenters. The zero-order valence-electron chi connectivity index (χ0n) is 16.8. The average Bonchev–Trinajstić information content (AvgIpc) is 2.75. The van der Waals surface area contributed by atoms with E-state index in [1.165, 1.54) is 23.7 Å². The third-order valence-corrected chi connectivity index (χ3v) is 5.32. The molecule has 0 saturated carbocycles. The molecule has 0 aliphatic carbocycles. The number of hydrogen-bond donors (Lipinski definition) is 2. The van der Waals surface area contributed by atoms with Gasteiger partial charge in [0, 0.05) is 22.7 Å². The van der Waals surface area contributed by atoms with Gasteiger partial charge in [-0.25, -0.2) is 9.48 Å². The normalized spacial score (nSPS) is 10.6. The van der Waals surface area contributed by atoms with Crippen molar-refractivity contribution in [2.75, 3.05) is 11.6 Å². The topological polar surface area (TPSA) is 101 Å². The fraction of sp³-hybridized carbons (Fsp3) is 0.182. The summed E-state index contributed by atoms with van der Waals surface area (Å²) in [5.41, 5.74) is 1.66. The number of carbonyl (C=O) groups excluding carboxylic acids is 1. The van der Waals surface area contributed by atoms with Crippen molar-refractivity contribution >= 4 is 34.9 Å². The number of Topliss-reactive ketones (excluding diaryl/α,β-unsaturated/α-hetero) is 1. The molecule has 2 N–H and O–H groups in total. The van der Waals surface area contributed by atoms with Gasteiger partial charge in [0.05, 0.1) is 11.1 Å². The first-order valence-corrected chi connectivity index (χ1v) is 10.5. The lowest BCUT2D eigenvalue weighted by molar-refractivity contribution is 0.0696. The van der Waals surface area contributed by atoms with Crippen molar-refractivity contribution in [2.24, 2.45) is 0 Å². The van der Waals surface area contributed by atoms with Crippen LogP contribution in [0.3, 0.4) is 0 Å². The number of carboxylic acids is 1. The fourth-order valence-corrected chi connectivity index (χ4v) is 3.44. The molecule has 8 heteroatoms. The van der Waals surface area contributed by atoms with Crippen LogP contribution in [0.4, 0.5) is 11.4 Å². The van der Waals surface area contributed by atoms with Gasteiger partial charge in [-0.05, 0) is 56.5 Å². The Kier molecular flexibility index (Phi) is 6.37. The quantitative estimate of drug-likeness (QED) is 0.432. The molecule has 2 aromatic carbocycles. The average molecular weight is 423 g/mol. The highest BCUT2D eigenvalue weighted by Crippen LogP contribution is 2.29. The third-order valence-electron chi connectivity index (χ3n) is 4.57. The number of thioether (sulfide) groups is 1. The number of carboxylic acid groups (broad SMARTS) is 1. The van der Waals surface area contributed by atoms with Gasteiger partial charge >= 0.3 is 5.97 Å². The van der Waals surface area contributed by atoms with Crippen molar-refractivity contribution in [1.82, 2.24) is 9.78 Å². The summed E-state index contributed by atoms with van der Waals surface area (Å²) >= 11 is 1.60. The second-order valence-electron chi connectivity index (χ2n) is 6.51. The Balaban J connectivity index is 2.18. The fourth-order valence-electron chi connectivity index (χ4n) is 3.04. The van der Waals surface area contributed by atoms with E-state index in [1.54, 1.807) is 30.8 Å². The number of rotatable bonds is 7. The van der Waals surface area contributed by atoms with Gasteiger partial charge in [0.25, 0.3) is 5.56 Å². The molecule has 0 amide bonds. The highest BCUT2D eigenvalue weighted by Gasteiger charge is 2.22. The number of aromatic nitrogens is 2. The van der Waals surface area contributed by atoms with E-state index in [4.69, 9.17) is 5.11 Å². The molecule has 0 fully saturated rings. The van der Waals surface area contributed by atoms with Crippen LogP contribution in [0.2, 0.25) is 0 Å². The molecule has 7 nitrogen and oxygen atoms in total. The van der Waals surface area contributed by atoms with E-state index in [0.717, 1.165) is 10.5 Å². The number of nitrogens with zero attached hydrogens (tertiary/aromatic N) is 2. The van der Waals surface area contributed by atoms with Crippen molar-refractivity contribution in [2.45, 2.75) is 25.3 Å². The van der Waals surface area contributed by atoms with E-state index in [0.29, 0.717) is 17.9 Å². The summed E-state index contributed by atoms with van der Waals surface area (Å²) in [7, 11) is 0. The van der Waals surface area contributed by atoms with Crippen LogP contribution >= 0.6 is 11.8 Å². The van der Waals surface area contributed by atoms with Gasteiger partial charge in [0.2, 0.25) is 0 Å². The number of benzene rings is 2. The van der Waals surface area contributed by atoms with Crippen LogP contribution < -0.4 is 10.9 Å². The molecule has 0 spiro atoms. The number of hydrogen-bond acceptors (Lipinski definition) is 6. The molecular formula is C22H21N3O4S. The Morgan fingerprint density at radius 2 is 1.73 bits per heavy atom. The summed E-state index contributed by atoms with van der Waals surface area (Å²) in [5, 5.41) is 16.5. The van der Waals surface area contributed by atoms with E-state index < -0.39 is 11.5 Å². The Morgan fingerprint density at radius 1 is 1.10 bits per heavy atom. The monoisotopic (exact) mass is 423 g/mol. The van der Waals surface area contributed by atoms with Crippen molar-refractivity contribution < 1.29 is 14.7 Å². The van der Waals surface area contributed by atoms with E-state index >= 15 is 0 Å². The number of carbonyl (C=O) groups is 2. The van der Waals surface area contributed by atoms with Gasteiger partial charge in [-0.2, -0.15) is 5.10 Å².